The molecule has 2 N–H and O–H groups in total. The number of rotatable bonds is 2. The second-order valence-corrected chi connectivity index (χ2v) is 4.71. The van der Waals surface area contributed by atoms with Crippen LogP contribution in [-0.2, 0) is 4.79 Å². The number of aryl methyl sites for hydroxylation is 2. The van der Waals surface area contributed by atoms with Crippen LogP contribution >= 0.6 is 0 Å². The summed E-state index contributed by atoms with van der Waals surface area (Å²) in [7, 11) is 0. The molecule has 0 aliphatic carbocycles. The van der Waals surface area contributed by atoms with E-state index in [1.165, 1.54) is 0 Å². The average Bonchev–Trinajstić information content (AvgIpc) is 2.62. The molecule has 17 heavy (non-hydrogen) atoms. The molecule has 2 heterocycles. The molecular weight excluding hydrogens is 216 g/mol. The summed E-state index contributed by atoms with van der Waals surface area (Å²) in [4.78, 5) is 20.4. The van der Waals surface area contributed by atoms with Gasteiger partial charge in [0.05, 0.1) is 5.92 Å². The highest BCUT2D eigenvalue weighted by atomic mass is 16.2. The second-order valence-electron chi connectivity index (χ2n) is 4.71. The normalized spacial score (nSPS) is 23.7. The van der Waals surface area contributed by atoms with E-state index in [1.807, 2.05) is 19.9 Å². The number of aromatic nitrogens is 2. The maximum Gasteiger partial charge on any atom is 0.231 e. The summed E-state index contributed by atoms with van der Waals surface area (Å²) < 4.78 is 0. The van der Waals surface area contributed by atoms with Crippen LogP contribution in [0.25, 0.3) is 0 Å². The Hall–Kier alpha value is -1.49. The molecule has 1 aliphatic heterocycles. The summed E-state index contributed by atoms with van der Waals surface area (Å²) in [6.07, 6.45) is 0. The van der Waals surface area contributed by atoms with Crippen LogP contribution in [0.4, 0.5) is 5.95 Å². The maximum atomic E-state index is 12.0. The molecule has 1 aromatic heterocycles. The van der Waals surface area contributed by atoms with Crippen molar-refractivity contribution in [1.29, 1.82) is 0 Å². The van der Waals surface area contributed by atoms with Crippen molar-refractivity contribution in [2.45, 2.75) is 20.8 Å². The first kappa shape index (κ1) is 12.0. The van der Waals surface area contributed by atoms with E-state index in [0.29, 0.717) is 11.9 Å². The molecule has 1 aliphatic rings. The molecule has 5 heteroatoms. The van der Waals surface area contributed by atoms with Crippen LogP contribution in [0.15, 0.2) is 6.07 Å². The molecule has 0 spiro atoms. The third kappa shape index (κ3) is 2.79. The van der Waals surface area contributed by atoms with E-state index < -0.39 is 0 Å². The molecule has 2 rings (SSSR count). The molecule has 0 bridgehead atoms. The van der Waals surface area contributed by atoms with Crippen LogP contribution < -0.4 is 10.6 Å². The van der Waals surface area contributed by atoms with E-state index >= 15 is 0 Å². The van der Waals surface area contributed by atoms with Gasteiger partial charge in [-0.2, -0.15) is 0 Å². The van der Waals surface area contributed by atoms with E-state index in [4.69, 9.17) is 0 Å². The Labute approximate surface area is 101 Å². The largest absolute Gasteiger partial charge is 0.316 e. The second kappa shape index (κ2) is 4.79. The minimum atomic E-state index is 0.00694. The van der Waals surface area contributed by atoms with Gasteiger partial charge in [0.2, 0.25) is 11.9 Å². The first-order chi connectivity index (χ1) is 8.06. The van der Waals surface area contributed by atoms with Gasteiger partial charge in [0.15, 0.2) is 0 Å². The maximum absolute atomic E-state index is 12.0. The quantitative estimate of drug-likeness (QED) is 0.797. The zero-order valence-corrected chi connectivity index (χ0v) is 10.4. The summed E-state index contributed by atoms with van der Waals surface area (Å²) in [5, 5.41) is 6.00. The van der Waals surface area contributed by atoms with Gasteiger partial charge in [-0.25, -0.2) is 9.97 Å². The molecule has 1 fully saturated rings. The van der Waals surface area contributed by atoms with Crippen LogP contribution in [0.3, 0.4) is 0 Å². The predicted molar refractivity (Wildman–Crippen MR) is 65.7 cm³/mol. The Bertz CT molecular complexity index is 412. The minimum Gasteiger partial charge on any atom is -0.316 e. The van der Waals surface area contributed by atoms with Crippen molar-refractivity contribution in [3.63, 3.8) is 0 Å². The number of nitrogens with zero attached hydrogens (tertiary/aromatic N) is 2. The summed E-state index contributed by atoms with van der Waals surface area (Å²) >= 11 is 0. The summed E-state index contributed by atoms with van der Waals surface area (Å²) in [6.45, 7) is 7.49. The highest BCUT2D eigenvalue weighted by Gasteiger charge is 2.29. The molecule has 0 unspecified atom stereocenters. The highest BCUT2D eigenvalue weighted by molar-refractivity contribution is 5.91. The molecule has 5 nitrogen and oxygen atoms in total. The molecule has 0 aromatic carbocycles. The SMILES string of the molecule is Cc1cc(C)nc(NC(=O)[C@@H]2CNC[C@H]2C)n1. The third-order valence-corrected chi connectivity index (χ3v) is 3.07. The molecular formula is C12H18N4O. The third-order valence-electron chi connectivity index (χ3n) is 3.07. The Morgan fingerprint density at radius 2 is 2.00 bits per heavy atom. The summed E-state index contributed by atoms with van der Waals surface area (Å²) in [6, 6.07) is 1.88. The zero-order chi connectivity index (χ0) is 12.4. The fraction of sp³-hybridized carbons (Fsp3) is 0.583. The fourth-order valence-electron chi connectivity index (χ4n) is 2.15. The van der Waals surface area contributed by atoms with Crippen molar-refractivity contribution in [2.24, 2.45) is 11.8 Å². The lowest BCUT2D eigenvalue weighted by Crippen LogP contribution is -2.28. The molecule has 1 aromatic rings. The smallest absolute Gasteiger partial charge is 0.231 e. The van der Waals surface area contributed by atoms with Crippen LogP contribution in [0.5, 0.6) is 0 Å². The highest BCUT2D eigenvalue weighted by Crippen LogP contribution is 2.17. The van der Waals surface area contributed by atoms with Crippen LogP contribution in [0.1, 0.15) is 18.3 Å². The van der Waals surface area contributed by atoms with Crippen LogP contribution in [0, 0.1) is 25.7 Å². The topological polar surface area (TPSA) is 66.9 Å². The summed E-state index contributed by atoms with van der Waals surface area (Å²) in [5.41, 5.74) is 1.73. The number of carbonyl (C=O) groups excluding carboxylic acids is 1. The summed E-state index contributed by atoms with van der Waals surface area (Å²) in [5.74, 6) is 0.791. The monoisotopic (exact) mass is 234 g/mol. The first-order valence-corrected chi connectivity index (χ1v) is 5.90. The Balaban J connectivity index is 2.07. The molecule has 1 saturated heterocycles. The van der Waals surface area contributed by atoms with Gasteiger partial charge in [0, 0.05) is 17.9 Å². The first-order valence-electron chi connectivity index (χ1n) is 5.90. The van der Waals surface area contributed by atoms with Gasteiger partial charge in [0.25, 0.3) is 0 Å². The van der Waals surface area contributed by atoms with E-state index in [2.05, 4.69) is 27.5 Å². The minimum absolute atomic E-state index is 0.00694. The van der Waals surface area contributed by atoms with Gasteiger partial charge in [0.1, 0.15) is 0 Å². The van der Waals surface area contributed by atoms with E-state index in [9.17, 15) is 4.79 Å². The van der Waals surface area contributed by atoms with Crippen LogP contribution in [0.2, 0.25) is 0 Å². The van der Waals surface area contributed by atoms with Crippen molar-refractivity contribution in [2.75, 3.05) is 18.4 Å². The van der Waals surface area contributed by atoms with Crippen LogP contribution in [-0.4, -0.2) is 29.0 Å². The van der Waals surface area contributed by atoms with Crippen molar-refractivity contribution >= 4 is 11.9 Å². The Morgan fingerprint density at radius 3 is 2.53 bits per heavy atom. The van der Waals surface area contributed by atoms with E-state index in [1.54, 1.807) is 0 Å². The van der Waals surface area contributed by atoms with Gasteiger partial charge in [-0.3, -0.25) is 10.1 Å². The van der Waals surface area contributed by atoms with Crippen molar-refractivity contribution in [3.8, 4) is 0 Å². The molecule has 92 valence electrons. The van der Waals surface area contributed by atoms with Crippen molar-refractivity contribution in [1.82, 2.24) is 15.3 Å². The van der Waals surface area contributed by atoms with Gasteiger partial charge >= 0.3 is 0 Å². The van der Waals surface area contributed by atoms with E-state index in [0.717, 1.165) is 24.5 Å². The van der Waals surface area contributed by atoms with Crippen molar-refractivity contribution in [3.05, 3.63) is 17.5 Å². The molecule has 0 saturated carbocycles. The average molecular weight is 234 g/mol. The lowest BCUT2D eigenvalue weighted by atomic mass is 9.97. The number of amides is 1. The van der Waals surface area contributed by atoms with Gasteiger partial charge < -0.3 is 5.32 Å². The molecule has 0 radical (unpaired) electrons. The lowest BCUT2D eigenvalue weighted by Gasteiger charge is -2.13. The van der Waals surface area contributed by atoms with Gasteiger partial charge in [-0.05, 0) is 32.4 Å². The number of anilines is 1. The molecule has 2 atom stereocenters. The number of hydrogen-bond donors (Lipinski definition) is 2. The lowest BCUT2D eigenvalue weighted by molar-refractivity contribution is -0.120. The van der Waals surface area contributed by atoms with Gasteiger partial charge in [-0.1, -0.05) is 6.92 Å². The number of hydrogen-bond acceptors (Lipinski definition) is 4. The number of carbonyl (C=O) groups is 1. The predicted octanol–water partition coefficient (Wildman–Crippen LogP) is 0.887. The van der Waals surface area contributed by atoms with E-state index in [-0.39, 0.29) is 11.8 Å². The van der Waals surface area contributed by atoms with Crippen molar-refractivity contribution < 1.29 is 4.79 Å². The zero-order valence-electron chi connectivity index (χ0n) is 10.4. The fourth-order valence-corrected chi connectivity index (χ4v) is 2.15. The standard InChI is InChI=1S/C12H18N4O/c1-7-5-13-6-10(7)11(17)16-12-14-8(2)4-9(3)15-12/h4,7,10,13H,5-6H2,1-3H3,(H,14,15,16,17)/t7-,10-/m1/s1. The van der Waals surface area contributed by atoms with Gasteiger partial charge in [-0.15, -0.1) is 0 Å². The Kier molecular flexibility index (Phi) is 3.38. The molecule has 1 amide bonds. The Morgan fingerprint density at radius 1 is 1.35 bits per heavy atom. The number of nitrogens with one attached hydrogen (secondary N) is 2.